The first-order valence-electron chi connectivity index (χ1n) is 6.40. The lowest BCUT2D eigenvalue weighted by Gasteiger charge is -2.12. The molecule has 0 saturated carbocycles. The molecule has 8 heteroatoms. The lowest BCUT2D eigenvalue weighted by molar-refractivity contribution is -0.137. The van der Waals surface area contributed by atoms with Crippen LogP contribution < -0.4 is 8.92 Å². The van der Waals surface area contributed by atoms with Crippen LogP contribution >= 0.6 is 0 Å². The van der Waals surface area contributed by atoms with Gasteiger partial charge >= 0.3 is 16.3 Å². The number of benzene rings is 2. The van der Waals surface area contributed by atoms with E-state index in [2.05, 4.69) is 0 Å². The number of methoxy groups -OCH3 is 1. The van der Waals surface area contributed by atoms with E-state index in [9.17, 15) is 21.6 Å². The van der Waals surface area contributed by atoms with Crippen molar-refractivity contribution < 1.29 is 30.5 Å². The van der Waals surface area contributed by atoms with Crippen molar-refractivity contribution in [3.63, 3.8) is 0 Å². The van der Waals surface area contributed by atoms with Crippen LogP contribution in [0.2, 0.25) is 0 Å². The third-order valence-electron chi connectivity index (χ3n) is 2.97. The number of ether oxygens (including phenoxy) is 1. The number of halogens is 3. The number of alkyl halides is 3. The van der Waals surface area contributed by atoms with Crippen molar-refractivity contribution in [3.8, 4) is 11.5 Å². The van der Waals surface area contributed by atoms with Gasteiger partial charge in [0.2, 0.25) is 0 Å². The number of hydrogen-bond acceptors (Lipinski definition) is 4. The summed E-state index contributed by atoms with van der Waals surface area (Å²) >= 11 is 0. The second kappa shape index (κ2) is 6.11. The zero-order valence-corrected chi connectivity index (χ0v) is 13.0. The van der Waals surface area contributed by atoms with E-state index in [1.807, 2.05) is 0 Å². The summed E-state index contributed by atoms with van der Waals surface area (Å²) in [6.07, 6.45) is -4.65. The molecule has 0 fully saturated rings. The Labute approximate surface area is 131 Å². The first-order chi connectivity index (χ1) is 10.6. The zero-order chi connectivity index (χ0) is 17.3. The minimum absolute atomic E-state index is 0.101. The maximum atomic E-state index is 12.7. The summed E-state index contributed by atoms with van der Waals surface area (Å²) < 4.78 is 72.4. The summed E-state index contributed by atoms with van der Waals surface area (Å²) in [6, 6.07) is 7.87. The van der Waals surface area contributed by atoms with E-state index in [1.54, 1.807) is 19.1 Å². The van der Waals surface area contributed by atoms with Gasteiger partial charge in [0.15, 0.2) is 11.5 Å². The van der Waals surface area contributed by atoms with Gasteiger partial charge in [0, 0.05) is 0 Å². The first-order valence-corrected chi connectivity index (χ1v) is 7.81. The third-order valence-corrected chi connectivity index (χ3v) is 4.20. The lowest BCUT2D eigenvalue weighted by Crippen LogP contribution is -2.12. The van der Waals surface area contributed by atoms with Crippen LogP contribution in [0.25, 0.3) is 0 Å². The van der Waals surface area contributed by atoms with Crippen molar-refractivity contribution in [2.45, 2.75) is 18.0 Å². The minimum atomic E-state index is -4.65. The van der Waals surface area contributed by atoms with Gasteiger partial charge in [-0.15, -0.1) is 0 Å². The molecule has 2 aromatic rings. The summed E-state index contributed by atoms with van der Waals surface area (Å²) in [5.41, 5.74) is -0.260. The zero-order valence-electron chi connectivity index (χ0n) is 12.2. The highest BCUT2D eigenvalue weighted by atomic mass is 32.2. The van der Waals surface area contributed by atoms with Gasteiger partial charge in [0.1, 0.15) is 4.90 Å². The Morgan fingerprint density at radius 1 is 1.00 bits per heavy atom. The van der Waals surface area contributed by atoms with Crippen molar-refractivity contribution in [1.29, 1.82) is 0 Å². The Hall–Kier alpha value is -2.22. The fraction of sp³-hybridized carbons (Fsp3) is 0.200. The molecule has 0 spiro atoms. The van der Waals surface area contributed by atoms with Crippen LogP contribution in [0.5, 0.6) is 11.5 Å². The molecule has 0 unspecified atom stereocenters. The average molecular weight is 346 g/mol. The molecular formula is C15H13F3O4S. The van der Waals surface area contributed by atoms with Gasteiger partial charge in [-0.25, -0.2) is 0 Å². The molecule has 0 aromatic heterocycles. The van der Waals surface area contributed by atoms with E-state index in [-0.39, 0.29) is 11.5 Å². The Kier molecular flexibility index (Phi) is 4.56. The molecule has 0 N–H and O–H groups in total. The molecule has 0 aliphatic heterocycles. The third kappa shape index (κ3) is 3.95. The fourth-order valence-corrected chi connectivity index (χ4v) is 2.82. The van der Waals surface area contributed by atoms with Gasteiger partial charge < -0.3 is 8.92 Å². The van der Waals surface area contributed by atoms with E-state index in [0.717, 1.165) is 23.8 Å². The van der Waals surface area contributed by atoms with Gasteiger partial charge in [-0.05, 0) is 42.8 Å². The second-order valence-corrected chi connectivity index (χ2v) is 6.26. The Balaban J connectivity index is 2.40. The molecule has 2 rings (SSSR count). The molecule has 2 aromatic carbocycles. The minimum Gasteiger partial charge on any atom is -0.493 e. The standard InChI is InChI=1S/C15H13F3O4S/c1-10-6-7-13(14(8-10)21-2)22-23(19,20)12-5-3-4-11(9-12)15(16,17)18/h3-9H,1-2H3. The number of aryl methyl sites for hydroxylation is 1. The quantitative estimate of drug-likeness (QED) is 0.791. The molecule has 0 radical (unpaired) electrons. The number of hydrogen-bond donors (Lipinski definition) is 0. The van der Waals surface area contributed by atoms with Crippen molar-refractivity contribution in [2.24, 2.45) is 0 Å². The van der Waals surface area contributed by atoms with E-state index < -0.39 is 26.8 Å². The maximum absolute atomic E-state index is 12.7. The molecule has 0 heterocycles. The van der Waals surface area contributed by atoms with E-state index in [0.29, 0.717) is 6.07 Å². The molecule has 0 amide bonds. The molecule has 0 aliphatic rings. The van der Waals surface area contributed by atoms with Crippen LogP contribution in [0.1, 0.15) is 11.1 Å². The van der Waals surface area contributed by atoms with Crippen LogP contribution in [0.3, 0.4) is 0 Å². The predicted octanol–water partition coefficient (Wildman–Crippen LogP) is 3.79. The van der Waals surface area contributed by atoms with Crippen LogP contribution in [-0.2, 0) is 16.3 Å². The van der Waals surface area contributed by atoms with Crippen LogP contribution in [0.4, 0.5) is 13.2 Å². The SMILES string of the molecule is COc1cc(C)ccc1OS(=O)(=O)c1cccc(C(F)(F)F)c1. The Morgan fingerprint density at radius 3 is 2.30 bits per heavy atom. The summed E-state index contributed by atoms with van der Waals surface area (Å²) in [4.78, 5) is -0.588. The molecule has 4 nitrogen and oxygen atoms in total. The van der Waals surface area contributed by atoms with Crippen molar-refractivity contribution in [1.82, 2.24) is 0 Å². The second-order valence-electron chi connectivity index (χ2n) is 4.72. The van der Waals surface area contributed by atoms with Crippen LogP contribution in [0, 0.1) is 6.92 Å². The fourth-order valence-electron chi connectivity index (χ4n) is 1.84. The van der Waals surface area contributed by atoms with Crippen molar-refractivity contribution >= 4 is 10.1 Å². The average Bonchev–Trinajstić information content (AvgIpc) is 2.48. The largest absolute Gasteiger partial charge is 0.493 e. The summed E-state index contributed by atoms with van der Waals surface area (Å²) in [5, 5.41) is 0. The Bertz CT molecular complexity index is 814. The van der Waals surface area contributed by atoms with Gasteiger partial charge in [-0.3, -0.25) is 0 Å². The molecule has 0 atom stereocenters. The molecule has 23 heavy (non-hydrogen) atoms. The van der Waals surface area contributed by atoms with E-state index in [1.165, 1.54) is 13.2 Å². The normalized spacial score (nSPS) is 12.0. The molecular weight excluding hydrogens is 333 g/mol. The molecule has 0 aliphatic carbocycles. The summed E-state index contributed by atoms with van der Waals surface area (Å²) in [5.74, 6) is 0.0658. The smallest absolute Gasteiger partial charge is 0.416 e. The van der Waals surface area contributed by atoms with E-state index >= 15 is 0 Å². The first kappa shape index (κ1) is 17.1. The van der Waals surface area contributed by atoms with Crippen molar-refractivity contribution in [2.75, 3.05) is 7.11 Å². The number of rotatable bonds is 4. The molecule has 0 saturated heterocycles. The summed E-state index contributed by atoms with van der Waals surface area (Å²) in [7, 11) is -3.09. The van der Waals surface area contributed by atoms with Gasteiger partial charge in [0.05, 0.1) is 12.7 Å². The predicted molar refractivity (Wildman–Crippen MR) is 77.0 cm³/mol. The van der Waals surface area contributed by atoms with Crippen LogP contribution in [-0.4, -0.2) is 15.5 Å². The Morgan fingerprint density at radius 2 is 1.70 bits per heavy atom. The summed E-state index contributed by atoms with van der Waals surface area (Å²) in [6.45, 7) is 1.77. The highest BCUT2D eigenvalue weighted by Crippen LogP contribution is 2.33. The van der Waals surface area contributed by atoms with Gasteiger partial charge in [-0.2, -0.15) is 21.6 Å². The maximum Gasteiger partial charge on any atom is 0.416 e. The molecule has 0 bridgehead atoms. The monoisotopic (exact) mass is 346 g/mol. The van der Waals surface area contributed by atoms with Crippen LogP contribution in [0.15, 0.2) is 47.4 Å². The topological polar surface area (TPSA) is 52.6 Å². The van der Waals surface area contributed by atoms with E-state index in [4.69, 9.17) is 8.92 Å². The lowest BCUT2D eigenvalue weighted by atomic mass is 10.2. The molecule has 124 valence electrons. The van der Waals surface area contributed by atoms with Gasteiger partial charge in [-0.1, -0.05) is 12.1 Å². The van der Waals surface area contributed by atoms with Crippen molar-refractivity contribution in [3.05, 3.63) is 53.6 Å². The van der Waals surface area contributed by atoms with Gasteiger partial charge in [0.25, 0.3) is 0 Å². The highest BCUT2D eigenvalue weighted by Gasteiger charge is 2.32. The highest BCUT2D eigenvalue weighted by molar-refractivity contribution is 7.87.